The van der Waals surface area contributed by atoms with Crippen LogP contribution in [0.4, 0.5) is 0 Å². The lowest BCUT2D eigenvalue weighted by atomic mass is 10.2. The van der Waals surface area contributed by atoms with Crippen LogP contribution in [0.1, 0.15) is 27.4 Å². The highest BCUT2D eigenvalue weighted by atomic mass is 16.4. The predicted octanol–water partition coefficient (Wildman–Crippen LogP) is 2.25. The van der Waals surface area contributed by atoms with E-state index in [1.807, 2.05) is 25.1 Å². The highest BCUT2D eigenvalue weighted by Gasteiger charge is 2.13. The molecule has 0 unspecified atom stereocenters. The van der Waals surface area contributed by atoms with Crippen molar-refractivity contribution in [1.82, 2.24) is 9.55 Å². The summed E-state index contributed by atoms with van der Waals surface area (Å²) in [5.41, 5.74) is 2.89. The Kier molecular flexibility index (Phi) is 2.95. The van der Waals surface area contributed by atoms with Gasteiger partial charge in [-0.25, -0.2) is 4.79 Å². The predicted molar refractivity (Wildman–Crippen MR) is 64.2 cm³/mol. The number of aryl methyl sites for hydroxylation is 2. The van der Waals surface area contributed by atoms with Crippen molar-refractivity contribution in [2.45, 2.75) is 20.4 Å². The lowest BCUT2D eigenvalue weighted by Crippen LogP contribution is -2.10. The summed E-state index contributed by atoms with van der Waals surface area (Å²) in [6.45, 7) is 4.20. The van der Waals surface area contributed by atoms with Crippen LogP contribution >= 0.6 is 0 Å². The molecule has 17 heavy (non-hydrogen) atoms. The maximum atomic E-state index is 11.1. The summed E-state index contributed by atoms with van der Waals surface area (Å²) in [6.07, 6.45) is 1.78. The van der Waals surface area contributed by atoms with Gasteiger partial charge in [-0.3, -0.25) is 4.98 Å². The number of nitrogens with zero attached hydrogens (tertiary/aromatic N) is 2. The average Bonchev–Trinajstić information content (AvgIpc) is 2.59. The minimum Gasteiger partial charge on any atom is -0.477 e. The standard InChI is InChI=1S/C13H14N2O2/c1-9-6-7-15(12(9)13(16)17)8-11-5-3-4-10(2)14-11/h3-7H,8H2,1-2H3,(H,16,17). The molecule has 0 saturated carbocycles. The van der Waals surface area contributed by atoms with E-state index in [1.54, 1.807) is 23.8 Å². The van der Waals surface area contributed by atoms with Crippen LogP contribution in [0.3, 0.4) is 0 Å². The van der Waals surface area contributed by atoms with Gasteiger partial charge in [0, 0.05) is 11.9 Å². The number of carbonyl (C=O) groups is 1. The fraction of sp³-hybridized carbons (Fsp3) is 0.231. The third-order valence-electron chi connectivity index (χ3n) is 2.65. The molecule has 0 aliphatic carbocycles. The van der Waals surface area contributed by atoms with Crippen LogP contribution in [-0.2, 0) is 6.54 Å². The topological polar surface area (TPSA) is 55.1 Å². The molecule has 2 aromatic heterocycles. The summed E-state index contributed by atoms with van der Waals surface area (Å²) < 4.78 is 1.71. The molecule has 1 N–H and O–H groups in total. The number of carboxylic acid groups (broad SMARTS) is 1. The Balaban J connectivity index is 2.33. The molecule has 0 amide bonds. The Morgan fingerprint density at radius 1 is 1.35 bits per heavy atom. The molecule has 0 radical (unpaired) electrons. The number of carboxylic acids is 1. The molecule has 0 spiro atoms. The second-order valence-electron chi connectivity index (χ2n) is 4.05. The van der Waals surface area contributed by atoms with Crippen molar-refractivity contribution in [1.29, 1.82) is 0 Å². The highest BCUT2D eigenvalue weighted by Crippen LogP contribution is 2.12. The number of pyridine rings is 1. The smallest absolute Gasteiger partial charge is 0.352 e. The van der Waals surface area contributed by atoms with Crippen molar-refractivity contribution in [3.8, 4) is 0 Å². The normalized spacial score (nSPS) is 10.5. The molecular formula is C13H14N2O2. The SMILES string of the molecule is Cc1cccc(Cn2ccc(C)c2C(=O)O)n1. The number of rotatable bonds is 3. The van der Waals surface area contributed by atoms with Crippen molar-refractivity contribution >= 4 is 5.97 Å². The van der Waals surface area contributed by atoms with Gasteiger partial charge in [0.05, 0.1) is 12.2 Å². The molecule has 0 bridgehead atoms. The molecule has 0 saturated heterocycles. The van der Waals surface area contributed by atoms with E-state index in [9.17, 15) is 4.79 Å². The van der Waals surface area contributed by atoms with Gasteiger partial charge in [-0.2, -0.15) is 0 Å². The van der Waals surface area contributed by atoms with Crippen molar-refractivity contribution in [3.05, 3.63) is 53.1 Å². The van der Waals surface area contributed by atoms with Crippen LogP contribution in [0.5, 0.6) is 0 Å². The first kappa shape index (κ1) is 11.4. The van der Waals surface area contributed by atoms with Crippen LogP contribution in [0, 0.1) is 13.8 Å². The first-order valence-corrected chi connectivity index (χ1v) is 5.39. The summed E-state index contributed by atoms with van der Waals surface area (Å²) in [5, 5.41) is 9.13. The van der Waals surface area contributed by atoms with Gasteiger partial charge in [-0.1, -0.05) is 6.07 Å². The molecule has 88 valence electrons. The second kappa shape index (κ2) is 4.41. The minimum atomic E-state index is -0.903. The van der Waals surface area contributed by atoms with E-state index in [1.165, 1.54) is 0 Å². The van der Waals surface area contributed by atoms with Crippen molar-refractivity contribution in [2.24, 2.45) is 0 Å². The summed E-state index contributed by atoms with van der Waals surface area (Å²) in [6, 6.07) is 7.55. The molecule has 0 aromatic carbocycles. The molecule has 4 nitrogen and oxygen atoms in total. The van der Waals surface area contributed by atoms with Crippen molar-refractivity contribution in [3.63, 3.8) is 0 Å². The zero-order valence-electron chi connectivity index (χ0n) is 9.84. The Labute approximate surface area is 99.5 Å². The Hall–Kier alpha value is -2.10. The monoisotopic (exact) mass is 230 g/mol. The van der Waals surface area contributed by atoms with Crippen LogP contribution in [0.15, 0.2) is 30.5 Å². The molecule has 0 aliphatic rings. The van der Waals surface area contributed by atoms with Gasteiger partial charge in [0.15, 0.2) is 0 Å². The Morgan fingerprint density at radius 3 is 2.76 bits per heavy atom. The molecule has 2 aromatic rings. The average molecular weight is 230 g/mol. The lowest BCUT2D eigenvalue weighted by Gasteiger charge is -2.07. The third-order valence-corrected chi connectivity index (χ3v) is 2.65. The van der Waals surface area contributed by atoms with Gasteiger partial charge >= 0.3 is 5.97 Å². The van der Waals surface area contributed by atoms with E-state index in [0.717, 1.165) is 17.0 Å². The summed E-state index contributed by atoms with van der Waals surface area (Å²) in [4.78, 5) is 15.5. The van der Waals surface area contributed by atoms with E-state index in [2.05, 4.69) is 4.98 Å². The number of aromatic carboxylic acids is 1. The van der Waals surface area contributed by atoms with Crippen LogP contribution in [0.25, 0.3) is 0 Å². The maximum Gasteiger partial charge on any atom is 0.352 e. The van der Waals surface area contributed by atoms with Crippen molar-refractivity contribution < 1.29 is 9.90 Å². The molecular weight excluding hydrogens is 216 g/mol. The first-order valence-electron chi connectivity index (χ1n) is 5.39. The Morgan fingerprint density at radius 2 is 2.12 bits per heavy atom. The van der Waals surface area contributed by atoms with Gasteiger partial charge in [0.1, 0.15) is 5.69 Å². The zero-order chi connectivity index (χ0) is 12.4. The molecule has 2 heterocycles. The third kappa shape index (κ3) is 2.36. The molecule has 4 heteroatoms. The Bertz CT molecular complexity index is 558. The zero-order valence-corrected chi connectivity index (χ0v) is 9.84. The van der Waals surface area contributed by atoms with E-state index in [-0.39, 0.29) is 0 Å². The second-order valence-corrected chi connectivity index (χ2v) is 4.05. The van der Waals surface area contributed by atoms with Crippen LogP contribution in [-0.4, -0.2) is 20.6 Å². The quantitative estimate of drug-likeness (QED) is 0.879. The summed E-state index contributed by atoms with van der Waals surface area (Å²) in [5.74, 6) is -0.903. The van der Waals surface area contributed by atoms with Gasteiger partial charge in [0.2, 0.25) is 0 Å². The van der Waals surface area contributed by atoms with E-state index >= 15 is 0 Å². The van der Waals surface area contributed by atoms with Crippen LogP contribution < -0.4 is 0 Å². The van der Waals surface area contributed by atoms with Gasteiger partial charge in [0.25, 0.3) is 0 Å². The minimum absolute atomic E-state index is 0.327. The maximum absolute atomic E-state index is 11.1. The first-order chi connectivity index (χ1) is 8.08. The molecule has 0 atom stereocenters. The largest absolute Gasteiger partial charge is 0.477 e. The van der Waals surface area contributed by atoms with E-state index in [0.29, 0.717) is 12.2 Å². The van der Waals surface area contributed by atoms with Gasteiger partial charge < -0.3 is 9.67 Å². The number of aromatic nitrogens is 2. The van der Waals surface area contributed by atoms with Crippen molar-refractivity contribution in [2.75, 3.05) is 0 Å². The van der Waals surface area contributed by atoms with Gasteiger partial charge in [-0.15, -0.1) is 0 Å². The van der Waals surface area contributed by atoms with Crippen LogP contribution in [0.2, 0.25) is 0 Å². The van der Waals surface area contributed by atoms with Gasteiger partial charge in [-0.05, 0) is 37.6 Å². The molecule has 0 aliphatic heterocycles. The summed E-state index contributed by atoms with van der Waals surface area (Å²) in [7, 11) is 0. The number of hydrogen-bond donors (Lipinski definition) is 1. The molecule has 0 fully saturated rings. The number of hydrogen-bond acceptors (Lipinski definition) is 2. The lowest BCUT2D eigenvalue weighted by molar-refractivity contribution is 0.0685. The highest BCUT2D eigenvalue weighted by molar-refractivity contribution is 5.87. The van der Waals surface area contributed by atoms with E-state index in [4.69, 9.17) is 5.11 Å². The van der Waals surface area contributed by atoms with E-state index < -0.39 is 5.97 Å². The summed E-state index contributed by atoms with van der Waals surface area (Å²) >= 11 is 0. The fourth-order valence-electron chi connectivity index (χ4n) is 1.87. The fourth-order valence-corrected chi connectivity index (χ4v) is 1.87. The molecule has 2 rings (SSSR count).